The van der Waals surface area contributed by atoms with E-state index in [0.29, 0.717) is 20.6 Å². The van der Waals surface area contributed by atoms with E-state index in [1.807, 2.05) is 0 Å². The third kappa shape index (κ3) is 2.38. The van der Waals surface area contributed by atoms with Gasteiger partial charge < -0.3 is 5.11 Å². The first-order valence-corrected chi connectivity index (χ1v) is 4.64. The smallest absolute Gasteiger partial charge is 0.0998 e. The van der Waals surface area contributed by atoms with Crippen LogP contribution in [0.3, 0.4) is 0 Å². The van der Waals surface area contributed by atoms with Crippen molar-refractivity contribution >= 4 is 34.8 Å². The second kappa shape index (κ2) is 4.34. The van der Waals surface area contributed by atoms with Gasteiger partial charge in [-0.05, 0) is 12.1 Å². The summed E-state index contributed by atoms with van der Waals surface area (Å²) in [5, 5.41) is 10.6. The van der Waals surface area contributed by atoms with E-state index in [2.05, 4.69) is 6.58 Å². The first-order chi connectivity index (χ1) is 6.06. The molecule has 0 saturated heterocycles. The molecule has 1 N–H and O–H groups in total. The summed E-state index contributed by atoms with van der Waals surface area (Å²) >= 11 is 17.4. The maximum atomic E-state index is 9.45. The highest BCUT2D eigenvalue weighted by molar-refractivity contribution is 6.39. The summed E-state index contributed by atoms with van der Waals surface area (Å²) in [5.41, 5.74) is 0.433. The Morgan fingerprint density at radius 2 is 1.69 bits per heavy atom. The van der Waals surface area contributed by atoms with Crippen LogP contribution in [-0.2, 0) is 0 Å². The van der Waals surface area contributed by atoms with Gasteiger partial charge in [-0.2, -0.15) is 0 Å². The number of rotatable bonds is 2. The predicted octanol–water partition coefficient (Wildman–Crippen LogP) is 3.87. The van der Waals surface area contributed by atoms with E-state index in [1.54, 1.807) is 0 Å². The summed E-state index contributed by atoms with van der Waals surface area (Å²) in [5.74, 6) is 0. The molecule has 0 heterocycles. The van der Waals surface area contributed by atoms with Crippen molar-refractivity contribution in [3.63, 3.8) is 0 Å². The lowest BCUT2D eigenvalue weighted by atomic mass is 10.1. The SMILES string of the molecule is C=CC(O)c1c(Cl)cc(Cl)cc1Cl. The van der Waals surface area contributed by atoms with E-state index in [0.717, 1.165) is 0 Å². The Hall–Kier alpha value is -0.210. The van der Waals surface area contributed by atoms with Gasteiger partial charge >= 0.3 is 0 Å². The zero-order valence-corrected chi connectivity index (χ0v) is 8.87. The zero-order chi connectivity index (χ0) is 10.0. The fourth-order valence-electron chi connectivity index (χ4n) is 0.954. The lowest BCUT2D eigenvalue weighted by Gasteiger charge is -2.10. The number of hydrogen-bond acceptors (Lipinski definition) is 1. The molecule has 70 valence electrons. The predicted molar refractivity (Wildman–Crippen MR) is 56.6 cm³/mol. The molecule has 0 bridgehead atoms. The number of benzene rings is 1. The summed E-state index contributed by atoms with van der Waals surface area (Å²) in [6, 6.07) is 3.05. The zero-order valence-electron chi connectivity index (χ0n) is 6.60. The first-order valence-electron chi connectivity index (χ1n) is 3.51. The minimum Gasteiger partial charge on any atom is -0.384 e. The van der Waals surface area contributed by atoms with Crippen molar-refractivity contribution in [3.05, 3.63) is 45.4 Å². The molecule has 1 rings (SSSR count). The van der Waals surface area contributed by atoms with E-state index < -0.39 is 6.10 Å². The Morgan fingerprint density at radius 1 is 1.23 bits per heavy atom. The van der Waals surface area contributed by atoms with Crippen LogP contribution in [0.15, 0.2) is 24.8 Å². The summed E-state index contributed by atoms with van der Waals surface area (Å²) in [6.45, 7) is 3.44. The molecule has 0 amide bonds. The highest BCUT2D eigenvalue weighted by atomic mass is 35.5. The van der Waals surface area contributed by atoms with E-state index in [9.17, 15) is 5.11 Å². The Bertz CT molecular complexity index is 313. The fourth-order valence-corrected chi connectivity index (χ4v) is 1.99. The molecular weight excluding hydrogens is 230 g/mol. The summed E-state index contributed by atoms with van der Waals surface area (Å²) in [4.78, 5) is 0. The lowest BCUT2D eigenvalue weighted by molar-refractivity contribution is 0.229. The molecule has 13 heavy (non-hydrogen) atoms. The van der Waals surface area contributed by atoms with Gasteiger partial charge in [0.05, 0.1) is 6.10 Å². The molecule has 0 spiro atoms. The first kappa shape index (κ1) is 10.9. The molecule has 0 saturated carbocycles. The Kier molecular flexibility index (Phi) is 3.63. The summed E-state index contributed by atoms with van der Waals surface area (Å²) in [6.07, 6.45) is 0.485. The molecule has 1 unspecified atom stereocenters. The molecule has 0 aliphatic heterocycles. The van der Waals surface area contributed by atoms with Crippen LogP contribution in [0.25, 0.3) is 0 Å². The number of halogens is 3. The third-order valence-corrected chi connectivity index (χ3v) is 2.41. The van der Waals surface area contributed by atoms with Crippen LogP contribution in [0, 0.1) is 0 Å². The maximum Gasteiger partial charge on any atom is 0.0998 e. The van der Waals surface area contributed by atoms with E-state index in [4.69, 9.17) is 34.8 Å². The van der Waals surface area contributed by atoms with Gasteiger partial charge in [-0.25, -0.2) is 0 Å². The van der Waals surface area contributed by atoms with Gasteiger partial charge in [-0.3, -0.25) is 0 Å². The van der Waals surface area contributed by atoms with Crippen molar-refractivity contribution < 1.29 is 5.11 Å². The third-order valence-electron chi connectivity index (χ3n) is 1.56. The molecule has 1 aromatic rings. The molecule has 1 nitrogen and oxygen atoms in total. The molecule has 0 aliphatic carbocycles. The van der Waals surface area contributed by atoms with Crippen LogP contribution < -0.4 is 0 Å². The van der Waals surface area contributed by atoms with Crippen molar-refractivity contribution in [2.75, 3.05) is 0 Å². The highest BCUT2D eigenvalue weighted by Crippen LogP contribution is 2.33. The quantitative estimate of drug-likeness (QED) is 0.774. The second-order valence-corrected chi connectivity index (χ2v) is 3.71. The molecule has 1 atom stereocenters. The average molecular weight is 238 g/mol. The Morgan fingerprint density at radius 3 is 2.08 bits per heavy atom. The Labute approximate surface area is 91.5 Å². The van der Waals surface area contributed by atoms with Gasteiger partial charge in [0.15, 0.2) is 0 Å². The fraction of sp³-hybridized carbons (Fsp3) is 0.111. The van der Waals surface area contributed by atoms with Crippen molar-refractivity contribution in [2.24, 2.45) is 0 Å². The molecule has 1 aromatic carbocycles. The van der Waals surface area contributed by atoms with E-state index >= 15 is 0 Å². The van der Waals surface area contributed by atoms with Crippen LogP contribution in [-0.4, -0.2) is 5.11 Å². The number of aliphatic hydroxyl groups excluding tert-OH is 1. The van der Waals surface area contributed by atoms with Crippen LogP contribution >= 0.6 is 34.8 Å². The van der Waals surface area contributed by atoms with Gasteiger partial charge in [0.1, 0.15) is 0 Å². The van der Waals surface area contributed by atoms with Gasteiger partial charge in [0.2, 0.25) is 0 Å². The van der Waals surface area contributed by atoms with Crippen LogP contribution in [0.5, 0.6) is 0 Å². The monoisotopic (exact) mass is 236 g/mol. The summed E-state index contributed by atoms with van der Waals surface area (Å²) in [7, 11) is 0. The molecule has 0 radical (unpaired) electrons. The van der Waals surface area contributed by atoms with Crippen LogP contribution in [0.1, 0.15) is 11.7 Å². The van der Waals surface area contributed by atoms with Gasteiger partial charge in [0, 0.05) is 20.6 Å². The summed E-state index contributed by atoms with van der Waals surface area (Å²) < 4.78 is 0. The van der Waals surface area contributed by atoms with Crippen molar-refractivity contribution in [2.45, 2.75) is 6.10 Å². The van der Waals surface area contributed by atoms with Crippen LogP contribution in [0.2, 0.25) is 15.1 Å². The van der Waals surface area contributed by atoms with Crippen molar-refractivity contribution in [1.82, 2.24) is 0 Å². The minimum absolute atomic E-state index is 0.338. The largest absolute Gasteiger partial charge is 0.384 e. The highest BCUT2D eigenvalue weighted by Gasteiger charge is 2.13. The standard InChI is InChI=1S/C9H7Cl3O/c1-2-8(13)9-6(11)3-5(10)4-7(9)12/h2-4,8,13H,1H2. The van der Waals surface area contributed by atoms with E-state index in [-0.39, 0.29) is 0 Å². The van der Waals surface area contributed by atoms with Crippen molar-refractivity contribution in [3.8, 4) is 0 Å². The van der Waals surface area contributed by atoms with Crippen LogP contribution in [0.4, 0.5) is 0 Å². The molecule has 4 heteroatoms. The van der Waals surface area contributed by atoms with Gasteiger partial charge in [0.25, 0.3) is 0 Å². The number of aliphatic hydroxyl groups is 1. The Balaban J connectivity index is 3.28. The lowest BCUT2D eigenvalue weighted by Crippen LogP contribution is -1.95. The molecule has 0 aromatic heterocycles. The average Bonchev–Trinajstić information content (AvgIpc) is 2.02. The van der Waals surface area contributed by atoms with E-state index in [1.165, 1.54) is 18.2 Å². The van der Waals surface area contributed by atoms with Gasteiger partial charge in [-0.15, -0.1) is 6.58 Å². The molecule has 0 aliphatic rings. The topological polar surface area (TPSA) is 20.2 Å². The number of hydrogen-bond donors (Lipinski definition) is 1. The van der Waals surface area contributed by atoms with Crippen molar-refractivity contribution in [1.29, 1.82) is 0 Å². The maximum absolute atomic E-state index is 9.45. The molecule has 0 fully saturated rings. The minimum atomic E-state index is -0.864. The van der Waals surface area contributed by atoms with Gasteiger partial charge in [-0.1, -0.05) is 40.9 Å². The molecular formula is C9H7Cl3O. The second-order valence-electron chi connectivity index (χ2n) is 2.46. The normalized spacial score (nSPS) is 12.6.